The molecule has 2 heterocycles. The summed E-state index contributed by atoms with van der Waals surface area (Å²) in [7, 11) is 0. The van der Waals surface area contributed by atoms with Gasteiger partial charge in [-0.05, 0) is 47.9 Å². The van der Waals surface area contributed by atoms with Gasteiger partial charge in [-0.3, -0.25) is 4.79 Å². The molecule has 2 aromatic heterocycles. The molecule has 0 aliphatic heterocycles. The molecular formula is C19H17FN2O. The Hall–Kier alpha value is -2.75. The van der Waals surface area contributed by atoms with Gasteiger partial charge in [-0.1, -0.05) is 26.0 Å². The minimum Gasteiger partial charge on any atom is -0.299 e. The Kier molecular flexibility index (Phi) is 4.06. The molecule has 0 aliphatic rings. The van der Waals surface area contributed by atoms with Crippen LogP contribution in [-0.4, -0.2) is 15.9 Å². The number of aldehydes is 1. The quantitative estimate of drug-likeness (QED) is 0.526. The van der Waals surface area contributed by atoms with E-state index in [1.54, 1.807) is 18.2 Å². The fourth-order valence-electron chi connectivity index (χ4n) is 2.74. The van der Waals surface area contributed by atoms with Crippen LogP contribution >= 0.6 is 0 Å². The number of fused-ring (bicyclic) bond motifs is 1. The Morgan fingerprint density at radius 2 is 1.91 bits per heavy atom. The Morgan fingerprint density at radius 1 is 1.17 bits per heavy atom. The third-order valence-electron chi connectivity index (χ3n) is 3.77. The van der Waals surface area contributed by atoms with Crippen molar-refractivity contribution in [1.29, 1.82) is 0 Å². The van der Waals surface area contributed by atoms with Gasteiger partial charge in [0.1, 0.15) is 12.1 Å². The Labute approximate surface area is 134 Å². The highest BCUT2D eigenvalue weighted by Crippen LogP contribution is 2.34. The lowest BCUT2D eigenvalue weighted by molar-refractivity contribution is -0.104. The summed E-state index contributed by atoms with van der Waals surface area (Å²) < 4.78 is 15.1. The Bertz CT molecular complexity index is 876. The van der Waals surface area contributed by atoms with Gasteiger partial charge >= 0.3 is 0 Å². The van der Waals surface area contributed by atoms with Gasteiger partial charge in [-0.15, -0.1) is 0 Å². The van der Waals surface area contributed by atoms with Crippen LogP contribution in [0.5, 0.6) is 0 Å². The number of halogens is 1. The molecular weight excluding hydrogens is 291 g/mol. The van der Waals surface area contributed by atoms with Gasteiger partial charge in [-0.25, -0.2) is 8.91 Å². The summed E-state index contributed by atoms with van der Waals surface area (Å²) in [6.07, 6.45) is 5.89. The van der Waals surface area contributed by atoms with E-state index in [4.69, 9.17) is 0 Å². The van der Waals surface area contributed by atoms with E-state index < -0.39 is 0 Å². The van der Waals surface area contributed by atoms with Crippen LogP contribution in [0.2, 0.25) is 0 Å². The first-order valence-corrected chi connectivity index (χ1v) is 7.51. The van der Waals surface area contributed by atoms with Gasteiger partial charge in [0, 0.05) is 17.3 Å². The fourth-order valence-corrected chi connectivity index (χ4v) is 2.74. The number of allylic oxidation sites excluding steroid dienone is 1. The lowest BCUT2D eigenvalue weighted by atomic mass is 9.94. The molecule has 0 saturated heterocycles. The Balaban J connectivity index is 2.39. The molecule has 4 heteroatoms. The monoisotopic (exact) mass is 308 g/mol. The van der Waals surface area contributed by atoms with E-state index in [1.165, 1.54) is 18.2 Å². The number of hydrogen-bond donors (Lipinski definition) is 0. The molecule has 0 amide bonds. The zero-order valence-corrected chi connectivity index (χ0v) is 13.0. The van der Waals surface area contributed by atoms with E-state index in [9.17, 15) is 9.18 Å². The molecule has 0 spiro atoms. The number of carbonyl (C=O) groups excluding carboxylic acids is 1. The van der Waals surface area contributed by atoms with Crippen LogP contribution in [-0.2, 0) is 4.79 Å². The van der Waals surface area contributed by atoms with Crippen LogP contribution in [0.3, 0.4) is 0 Å². The first-order chi connectivity index (χ1) is 11.1. The van der Waals surface area contributed by atoms with Crippen LogP contribution in [0.4, 0.5) is 4.39 Å². The van der Waals surface area contributed by atoms with Crippen molar-refractivity contribution in [2.45, 2.75) is 19.8 Å². The van der Waals surface area contributed by atoms with Crippen LogP contribution in [0.1, 0.15) is 31.0 Å². The van der Waals surface area contributed by atoms with Crippen molar-refractivity contribution < 1.29 is 9.18 Å². The van der Waals surface area contributed by atoms with Crippen molar-refractivity contribution in [3.8, 4) is 11.1 Å². The number of benzene rings is 1. The van der Waals surface area contributed by atoms with E-state index in [2.05, 4.69) is 18.9 Å². The third kappa shape index (κ3) is 2.80. The second-order valence-corrected chi connectivity index (χ2v) is 5.67. The minimum atomic E-state index is -0.275. The van der Waals surface area contributed by atoms with Crippen molar-refractivity contribution in [3.05, 3.63) is 65.7 Å². The van der Waals surface area contributed by atoms with E-state index in [0.717, 1.165) is 34.2 Å². The lowest BCUT2D eigenvalue weighted by Gasteiger charge is -2.16. The second-order valence-electron chi connectivity index (χ2n) is 5.67. The highest BCUT2D eigenvalue weighted by Gasteiger charge is 2.17. The summed E-state index contributed by atoms with van der Waals surface area (Å²) in [6.45, 7) is 4.12. The van der Waals surface area contributed by atoms with Crippen molar-refractivity contribution in [2.75, 3.05) is 0 Å². The highest BCUT2D eigenvalue weighted by atomic mass is 19.1. The zero-order valence-electron chi connectivity index (χ0n) is 13.0. The number of rotatable bonds is 4. The van der Waals surface area contributed by atoms with Gasteiger partial charge in [0.15, 0.2) is 0 Å². The maximum atomic E-state index is 13.3. The molecule has 0 saturated carbocycles. The molecule has 0 aliphatic carbocycles. The van der Waals surface area contributed by atoms with Gasteiger partial charge in [-0.2, -0.15) is 5.10 Å². The molecule has 0 N–H and O–H groups in total. The predicted octanol–water partition coefficient (Wildman–Crippen LogP) is 4.48. The standard InChI is InChI=1S/C19H17FN2O/c1-13(2)19-16(5-4-12-23)18(14-7-9-15(20)10-8-14)17-6-3-11-22(17)21-19/h3-13H,1-2H3/b5-4+. The van der Waals surface area contributed by atoms with E-state index in [-0.39, 0.29) is 11.7 Å². The van der Waals surface area contributed by atoms with Gasteiger partial charge in [0.2, 0.25) is 0 Å². The number of carbonyl (C=O) groups is 1. The molecule has 3 aromatic rings. The van der Waals surface area contributed by atoms with Gasteiger partial charge in [0.05, 0.1) is 11.2 Å². The highest BCUT2D eigenvalue weighted by molar-refractivity contribution is 5.90. The zero-order chi connectivity index (χ0) is 16.4. The van der Waals surface area contributed by atoms with Crippen molar-refractivity contribution in [2.24, 2.45) is 0 Å². The molecule has 0 radical (unpaired) electrons. The smallest absolute Gasteiger partial charge is 0.142 e. The Morgan fingerprint density at radius 3 is 2.57 bits per heavy atom. The lowest BCUT2D eigenvalue weighted by Crippen LogP contribution is -2.05. The molecule has 23 heavy (non-hydrogen) atoms. The first kappa shape index (κ1) is 15.2. The number of hydrogen-bond acceptors (Lipinski definition) is 2. The largest absolute Gasteiger partial charge is 0.299 e. The van der Waals surface area contributed by atoms with Crippen LogP contribution in [0.15, 0.2) is 48.7 Å². The molecule has 0 atom stereocenters. The second kappa shape index (κ2) is 6.16. The molecule has 3 nitrogen and oxygen atoms in total. The molecule has 0 bridgehead atoms. The summed E-state index contributed by atoms with van der Waals surface area (Å²) in [5, 5.41) is 4.67. The molecule has 0 unspecified atom stereocenters. The topological polar surface area (TPSA) is 34.4 Å². The average molecular weight is 308 g/mol. The third-order valence-corrected chi connectivity index (χ3v) is 3.77. The molecule has 3 rings (SSSR count). The summed E-state index contributed by atoms with van der Waals surface area (Å²) in [6, 6.07) is 10.3. The first-order valence-electron chi connectivity index (χ1n) is 7.51. The van der Waals surface area contributed by atoms with E-state index in [1.807, 2.05) is 22.8 Å². The average Bonchev–Trinajstić information content (AvgIpc) is 3.00. The van der Waals surface area contributed by atoms with Crippen molar-refractivity contribution in [3.63, 3.8) is 0 Å². The normalized spacial score (nSPS) is 11.7. The van der Waals surface area contributed by atoms with Crippen LogP contribution in [0.25, 0.3) is 22.7 Å². The van der Waals surface area contributed by atoms with Crippen molar-refractivity contribution in [1.82, 2.24) is 9.61 Å². The maximum absolute atomic E-state index is 13.3. The summed E-state index contributed by atoms with van der Waals surface area (Å²) in [4.78, 5) is 10.8. The molecule has 116 valence electrons. The van der Waals surface area contributed by atoms with Crippen LogP contribution < -0.4 is 0 Å². The van der Waals surface area contributed by atoms with E-state index in [0.29, 0.717) is 0 Å². The summed E-state index contributed by atoms with van der Waals surface area (Å²) in [5.41, 5.74) is 4.55. The number of aromatic nitrogens is 2. The van der Waals surface area contributed by atoms with Gasteiger partial charge in [0.25, 0.3) is 0 Å². The summed E-state index contributed by atoms with van der Waals surface area (Å²) >= 11 is 0. The predicted molar refractivity (Wildman–Crippen MR) is 89.8 cm³/mol. The minimum absolute atomic E-state index is 0.187. The van der Waals surface area contributed by atoms with E-state index >= 15 is 0 Å². The maximum Gasteiger partial charge on any atom is 0.142 e. The SMILES string of the molecule is CC(C)c1nn2cccc2c(-c2ccc(F)cc2)c1/C=C/C=O. The summed E-state index contributed by atoms with van der Waals surface area (Å²) in [5.74, 6) is -0.0874. The molecule has 1 aromatic carbocycles. The van der Waals surface area contributed by atoms with Crippen molar-refractivity contribution >= 4 is 17.9 Å². The number of nitrogens with zero attached hydrogens (tertiary/aromatic N) is 2. The van der Waals surface area contributed by atoms with Gasteiger partial charge < -0.3 is 0 Å². The molecule has 0 fully saturated rings. The van der Waals surface area contributed by atoms with Crippen LogP contribution in [0, 0.1) is 5.82 Å². The fraction of sp³-hybridized carbons (Fsp3) is 0.158.